The van der Waals surface area contributed by atoms with Crippen molar-refractivity contribution in [1.29, 1.82) is 0 Å². The van der Waals surface area contributed by atoms with E-state index in [-0.39, 0.29) is 23.7 Å². The van der Waals surface area contributed by atoms with Gasteiger partial charge in [-0.05, 0) is 0 Å². The summed E-state index contributed by atoms with van der Waals surface area (Å²) >= 11 is 0. The van der Waals surface area contributed by atoms with Crippen LogP contribution in [0.4, 0.5) is 0 Å². The van der Waals surface area contributed by atoms with Gasteiger partial charge in [0, 0.05) is 24.6 Å². The van der Waals surface area contributed by atoms with Gasteiger partial charge in [-0.15, -0.1) is 0 Å². The van der Waals surface area contributed by atoms with Gasteiger partial charge in [-0.2, -0.15) is 0 Å². The summed E-state index contributed by atoms with van der Waals surface area (Å²) in [5.41, 5.74) is 0. The molecule has 0 heterocycles. The number of amides is 2. The van der Waals surface area contributed by atoms with Crippen LogP contribution in [0.5, 0.6) is 0 Å². The van der Waals surface area contributed by atoms with Gasteiger partial charge in [0.2, 0.25) is 11.8 Å². The fourth-order valence-electron chi connectivity index (χ4n) is 2.00. The molecule has 2 rings (SSSR count). The van der Waals surface area contributed by atoms with Crippen molar-refractivity contribution >= 4 is 33.4 Å². The van der Waals surface area contributed by atoms with Gasteiger partial charge in [0.05, 0.1) is 11.8 Å². The summed E-state index contributed by atoms with van der Waals surface area (Å²) in [6.45, 7) is 1.33. The maximum absolute atomic E-state index is 11.7. The average molecular weight is 336 g/mol. The molecule has 0 spiro atoms. The molecule has 0 saturated heterocycles. The minimum Gasteiger partial charge on any atom is -0.354 e. The van der Waals surface area contributed by atoms with Crippen LogP contribution in [0.25, 0.3) is 0 Å². The number of hydrogen-bond acceptors (Lipinski definition) is 4. The molecule has 0 radical (unpaired) electrons. The maximum atomic E-state index is 11.7. The lowest BCUT2D eigenvalue weighted by Gasteiger charge is -2.08. The van der Waals surface area contributed by atoms with E-state index >= 15 is 0 Å². The molecule has 0 bridgehead atoms. The summed E-state index contributed by atoms with van der Waals surface area (Å²) in [6, 6.07) is 0. The van der Waals surface area contributed by atoms with Crippen molar-refractivity contribution in [3.05, 3.63) is 48.6 Å². The lowest BCUT2D eigenvalue weighted by Crippen LogP contribution is -2.30. The summed E-state index contributed by atoms with van der Waals surface area (Å²) in [7, 11) is 3.42. The Balaban J connectivity index is 1.41. The third-order valence-electron chi connectivity index (χ3n) is 3.15. The van der Waals surface area contributed by atoms with Crippen LogP contribution in [0.15, 0.2) is 48.6 Å². The van der Waals surface area contributed by atoms with Crippen LogP contribution < -0.4 is 10.6 Å². The molecule has 118 valence electrons. The van der Waals surface area contributed by atoms with Crippen LogP contribution in [-0.4, -0.2) is 36.4 Å². The molecule has 0 saturated carbocycles. The van der Waals surface area contributed by atoms with Gasteiger partial charge in [0.1, 0.15) is 0 Å². The molecule has 2 aliphatic carbocycles. The average Bonchev–Trinajstić information content (AvgIpc) is 3.22. The highest BCUT2D eigenvalue weighted by Gasteiger charge is 2.13. The van der Waals surface area contributed by atoms with Gasteiger partial charge in [-0.1, -0.05) is 70.2 Å². The highest BCUT2D eigenvalue weighted by atomic mass is 33.1. The Bertz CT molecular complexity index is 442. The summed E-state index contributed by atoms with van der Waals surface area (Å²) in [6.07, 6.45) is 15.1. The summed E-state index contributed by atoms with van der Waals surface area (Å²) in [5.74, 6) is 1.62. The third-order valence-corrected chi connectivity index (χ3v) is 5.56. The molecular formula is C16H20N2O2S2. The molecule has 2 aliphatic rings. The van der Waals surface area contributed by atoms with E-state index in [0.717, 1.165) is 11.5 Å². The molecule has 0 aromatic heterocycles. The van der Waals surface area contributed by atoms with Gasteiger partial charge in [-0.25, -0.2) is 0 Å². The van der Waals surface area contributed by atoms with Crippen molar-refractivity contribution in [3.63, 3.8) is 0 Å². The number of carbonyl (C=O) groups excluding carboxylic acids is 2. The van der Waals surface area contributed by atoms with Gasteiger partial charge in [0.25, 0.3) is 0 Å². The predicted octanol–water partition coefficient (Wildman–Crippen LogP) is 2.08. The zero-order valence-electron chi connectivity index (χ0n) is 12.2. The molecule has 0 aliphatic heterocycles. The van der Waals surface area contributed by atoms with Crippen LogP contribution in [0.1, 0.15) is 0 Å². The van der Waals surface area contributed by atoms with E-state index in [1.165, 1.54) is 0 Å². The van der Waals surface area contributed by atoms with Crippen molar-refractivity contribution in [2.24, 2.45) is 11.8 Å². The standard InChI is InChI=1S/C16H20N2O2S2/c19-15(13-5-1-2-6-13)17-9-11-21-22-12-10-18-16(20)14-7-3-4-8-14/h1-8,13-14H,9-12H2,(H,17,19)(H,18,20). The van der Waals surface area contributed by atoms with Crippen LogP contribution in [0.3, 0.4) is 0 Å². The summed E-state index contributed by atoms with van der Waals surface area (Å²) < 4.78 is 0. The normalized spacial score (nSPS) is 16.5. The maximum Gasteiger partial charge on any atom is 0.230 e. The lowest BCUT2D eigenvalue weighted by atomic mass is 10.1. The molecule has 22 heavy (non-hydrogen) atoms. The molecule has 0 atom stereocenters. The second kappa shape index (κ2) is 9.58. The molecular weight excluding hydrogens is 316 g/mol. The zero-order chi connectivity index (χ0) is 15.6. The molecule has 0 aromatic carbocycles. The van der Waals surface area contributed by atoms with Crippen LogP contribution in [-0.2, 0) is 9.59 Å². The highest BCUT2D eigenvalue weighted by Crippen LogP contribution is 2.19. The predicted molar refractivity (Wildman–Crippen MR) is 94.5 cm³/mol. The summed E-state index contributed by atoms with van der Waals surface area (Å²) in [4.78, 5) is 23.4. The monoisotopic (exact) mass is 336 g/mol. The van der Waals surface area contributed by atoms with E-state index in [4.69, 9.17) is 0 Å². The Morgan fingerprint density at radius 2 is 1.09 bits per heavy atom. The molecule has 2 amide bonds. The minimum absolute atomic E-state index is 0.0561. The Hall–Kier alpha value is -1.40. The topological polar surface area (TPSA) is 58.2 Å². The lowest BCUT2D eigenvalue weighted by molar-refractivity contribution is -0.123. The number of hydrogen-bond donors (Lipinski definition) is 2. The quantitative estimate of drug-likeness (QED) is 0.500. The van der Waals surface area contributed by atoms with Gasteiger partial charge in [-0.3, -0.25) is 9.59 Å². The SMILES string of the molecule is O=C(NCCSSCCNC(=O)C1C=CC=C1)C1C=CC=C1. The Morgan fingerprint density at radius 3 is 1.45 bits per heavy atom. The van der Waals surface area contributed by atoms with E-state index in [1.54, 1.807) is 21.6 Å². The van der Waals surface area contributed by atoms with E-state index in [2.05, 4.69) is 10.6 Å². The van der Waals surface area contributed by atoms with Crippen molar-refractivity contribution in [2.45, 2.75) is 0 Å². The van der Waals surface area contributed by atoms with Gasteiger partial charge in [0.15, 0.2) is 0 Å². The van der Waals surface area contributed by atoms with Gasteiger partial charge < -0.3 is 10.6 Å². The van der Waals surface area contributed by atoms with Crippen molar-refractivity contribution in [1.82, 2.24) is 10.6 Å². The Labute approximate surface area is 139 Å². The Kier molecular flexibility index (Phi) is 7.39. The first-order chi connectivity index (χ1) is 10.8. The second-order valence-electron chi connectivity index (χ2n) is 4.82. The molecule has 6 heteroatoms. The van der Waals surface area contributed by atoms with Gasteiger partial charge >= 0.3 is 0 Å². The Morgan fingerprint density at radius 1 is 0.727 bits per heavy atom. The fraction of sp³-hybridized carbons (Fsp3) is 0.375. The zero-order valence-corrected chi connectivity index (χ0v) is 13.9. The fourth-order valence-corrected chi connectivity index (χ4v) is 3.81. The first kappa shape index (κ1) is 17.0. The largest absolute Gasteiger partial charge is 0.354 e. The molecule has 0 aromatic rings. The third kappa shape index (κ3) is 5.77. The molecule has 2 N–H and O–H groups in total. The number of rotatable bonds is 9. The van der Waals surface area contributed by atoms with Crippen molar-refractivity contribution in [2.75, 3.05) is 24.6 Å². The second-order valence-corrected chi connectivity index (χ2v) is 7.52. The van der Waals surface area contributed by atoms with Crippen molar-refractivity contribution in [3.8, 4) is 0 Å². The van der Waals surface area contributed by atoms with E-state index in [9.17, 15) is 9.59 Å². The van der Waals surface area contributed by atoms with E-state index in [1.807, 2.05) is 48.6 Å². The highest BCUT2D eigenvalue weighted by molar-refractivity contribution is 8.76. The minimum atomic E-state index is -0.105. The number of carbonyl (C=O) groups is 2. The number of nitrogens with one attached hydrogen (secondary N) is 2. The summed E-state index contributed by atoms with van der Waals surface area (Å²) in [5, 5.41) is 5.82. The smallest absolute Gasteiger partial charge is 0.230 e. The van der Waals surface area contributed by atoms with Crippen LogP contribution >= 0.6 is 21.6 Å². The van der Waals surface area contributed by atoms with Crippen LogP contribution in [0, 0.1) is 11.8 Å². The molecule has 0 unspecified atom stereocenters. The molecule has 0 fully saturated rings. The van der Waals surface area contributed by atoms with E-state index < -0.39 is 0 Å². The first-order valence-corrected chi connectivity index (χ1v) is 9.76. The number of allylic oxidation sites excluding steroid dienone is 4. The van der Waals surface area contributed by atoms with E-state index in [0.29, 0.717) is 13.1 Å². The molecule has 4 nitrogen and oxygen atoms in total. The van der Waals surface area contributed by atoms with Crippen LogP contribution in [0.2, 0.25) is 0 Å². The van der Waals surface area contributed by atoms with Crippen molar-refractivity contribution < 1.29 is 9.59 Å². The first-order valence-electron chi connectivity index (χ1n) is 7.27.